The van der Waals surface area contributed by atoms with Crippen molar-refractivity contribution in [3.63, 3.8) is 0 Å². The minimum atomic E-state index is -0.861. The highest BCUT2D eigenvalue weighted by Gasteiger charge is 2.28. The smallest absolute Gasteiger partial charge is 0.330 e. The Morgan fingerprint density at radius 1 is 1.29 bits per heavy atom. The number of aliphatic hydroxyl groups excluding tert-OH is 1. The Balaban J connectivity index is 2.13. The minimum Gasteiger partial charge on any atom is -0.443 e. The predicted molar refractivity (Wildman–Crippen MR) is 103 cm³/mol. The highest BCUT2D eigenvalue weighted by molar-refractivity contribution is 5.75. The van der Waals surface area contributed by atoms with Crippen LogP contribution in [-0.4, -0.2) is 36.3 Å². The number of hydrogen-bond acceptors (Lipinski definition) is 6. The number of H-pyrrole nitrogens is 1. The molecule has 1 aliphatic carbocycles. The molecule has 1 fully saturated rings. The van der Waals surface area contributed by atoms with E-state index >= 15 is 0 Å². The second kappa shape index (κ2) is 7.54. The van der Waals surface area contributed by atoms with Crippen molar-refractivity contribution in [3.05, 3.63) is 26.7 Å². The van der Waals surface area contributed by atoms with Crippen LogP contribution in [0, 0.1) is 5.41 Å². The van der Waals surface area contributed by atoms with Crippen LogP contribution in [-0.2, 0) is 22.8 Å². The van der Waals surface area contributed by atoms with Crippen molar-refractivity contribution < 1.29 is 14.6 Å². The topological polar surface area (TPSA) is 119 Å². The van der Waals surface area contributed by atoms with Gasteiger partial charge in [0.25, 0.3) is 5.56 Å². The van der Waals surface area contributed by atoms with Gasteiger partial charge in [0, 0.05) is 5.92 Å². The van der Waals surface area contributed by atoms with Crippen molar-refractivity contribution in [1.82, 2.24) is 19.1 Å². The van der Waals surface area contributed by atoms with E-state index in [2.05, 4.69) is 9.97 Å². The maximum Gasteiger partial charge on any atom is 0.330 e. The lowest BCUT2D eigenvalue weighted by molar-refractivity contribution is -0.156. The number of carbonyl (C=O) groups excluding carboxylic acids is 1. The number of aromatic amines is 1. The molecule has 28 heavy (non-hydrogen) atoms. The molecule has 1 saturated carbocycles. The van der Waals surface area contributed by atoms with Crippen LogP contribution in [0.15, 0.2) is 9.59 Å². The van der Waals surface area contributed by atoms with Crippen LogP contribution >= 0.6 is 0 Å². The zero-order chi connectivity index (χ0) is 20.6. The van der Waals surface area contributed by atoms with E-state index in [4.69, 9.17) is 4.74 Å². The van der Waals surface area contributed by atoms with Crippen LogP contribution in [0.3, 0.4) is 0 Å². The van der Waals surface area contributed by atoms with Gasteiger partial charge < -0.3 is 9.84 Å². The van der Waals surface area contributed by atoms with Crippen molar-refractivity contribution in [2.24, 2.45) is 5.41 Å². The average Bonchev–Trinajstić information content (AvgIpc) is 3.22. The molecule has 2 aromatic rings. The summed E-state index contributed by atoms with van der Waals surface area (Å²) >= 11 is 0. The fourth-order valence-electron chi connectivity index (χ4n) is 3.56. The molecule has 154 valence electrons. The highest BCUT2D eigenvalue weighted by Crippen LogP contribution is 2.34. The number of nitrogens with one attached hydrogen (secondary N) is 1. The molecule has 2 N–H and O–H groups in total. The summed E-state index contributed by atoms with van der Waals surface area (Å²) < 4.78 is 8.02. The van der Waals surface area contributed by atoms with Gasteiger partial charge in [0.15, 0.2) is 17.9 Å². The molecule has 0 amide bonds. The lowest BCUT2D eigenvalue weighted by Gasteiger charge is -2.19. The Morgan fingerprint density at radius 3 is 2.50 bits per heavy atom. The van der Waals surface area contributed by atoms with E-state index in [9.17, 15) is 19.5 Å². The van der Waals surface area contributed by atoms with Gasteiger partial charge in [-0.15, -0.1) is 0 Å². The average molecular weight is 392 g/mol. The molecule has 2 heterocycles. The number of rotatable bonds is 5. The maximum atomic E-state index is 13.0. The molecule has 0 aliphatic heterocycles. The Kier molecular flexibility index (Phi) is 5.47. The van der Waals surface area contributed by atoms with Crippen molar-refractivity contribution in [2.45, 2.75) is 78.7 Å². The minimum absolute atomic E-state index is 0.129. The first-order valence-corrected chi connectivity index (χ1v) is 9.68. The molecule has 9 heteroatoms. The first kappa shape index (κ1) is 20.3. The Bertz CT molecular complexity index is 987. The van der Waals surface area contributed by atoms with E-state index < -0.39 is 22.8 Å². The van der Waals surface area contributed by atoms with Gasteiger partial charge in [-0.05, 0) is 40.5 Å². The number of carbonyl (C=O) groups is 1. The highest BCUT2D eigenvalue weighted by atomic mass is 16.5. The number of imidazole rings is 1. The summed E-state index contributed by atoms with van der Waals surface area (Å²) in [5.74, 6) is 0.408. The molecule has 1 aliphatic rings. The van der Waals surface area contributed by atoms with Gasteiger partial charge in [0.1, 0.15) is 5.82 Å². The number of fused-ring (bicyclic) bond motifs is 1. The van der Waals surface area contributed by atoms with Gasteiger partial charge in [-0.2, -0.15) is 0 Å². The summed E-state index contributed by atoms with van der Waals surface area (Å²) in [7, 11) is 0. The third kappa shape index (κ3) is 3.89. The molecule has 3 rings (SSSR count). The molecule has 9 nitrogen and oxygen atoms in total. The Morgan fingerprint density at radius 2 is 1.93 bits per heavy atom. The largest absolute Gasteiger partial charge is 0.443 e. The predicted octanol–water partition coefficient (Wildman–Crippen LogP) is 1.47. The van der Waals surface area contributed by atoms with E-state index in [0.717, 1.165) is 30.3 Å². The summed E-state index contributed by atoms with van der Waals surface area (Å²) in [6, 6.07) is 0. The molecule has 0 spiro atoms. The number of aromatic nitrogens is 4. The summed E-state index contributed by atoms with van der Waals surface area (Å²) in [5, 5.41) is 9.64. The molecule has 0 bridgehead atoms. The molecule has 0 radical (unpaired) electrons. The Labute approximate surface area is 162 Å². The molecular formula is C19H28N4O5. The van der Waals surface area contributed by atoms with E-state index in [0.29, 0.717) is 5.82 Å². The fraction of sp³-hybridized carbons (Fsp3) is 0.684. The third-order valence-corrected chi connectivity index (χ3v) is 5.02. The lowest BCUT2D eigenvalue weighted by atomic mass is 9.98. The third-order valence-electron chi connectivity index (χ3n) is 5.02. The number of aliphatic hydroxyl groups is 1. The quantitative estimate of drug-likeness (QED) is 0.744. The maximum absolute atomic E-state index is 13.0. The van der Waals surface area contributed by atoms with E-state index in [-0.39, 0.29) is 36.3 Å². The van der Waals surface area contributed by atoms with Crippen LogP contribution in [0.4, 0.5) is 0 Å². The summed E-state index contributed by atoms with van der Waals surface area (Å²) in [6.07, 6.45) is 3.14. The van der Waals surface area contributed by atoms with E-state index in [1.807, 2.05) is 0 Å². The van der Waals surface area contributed by atoms with Gasteiger partial charge in [-0.3, -0.25) is 23.7 Å². The fourth-order valence-corrected chi connectivity index (χ4v) is 3.56. The molecule has 0 saturated heterocycles. The van der Waals surface area contributed by atoms with Crippen molar-refractivity contribution in [2.75, 3.05) is 0 Å². The zero-order valence-electron chi connectivity index (χ0n) is 16.8. The SMILES string of the molecule is CC(O)Cn1c(=O)[nH]c2nc(C3CCCC3)n(COC(=O)C(C)(C)C)c2c1=O. The number of esters is 1. The molecular weight excluding hydrogens is 364 g/mol. The van der Waals surface area contributed by atoms with Gasteiger partial charge >= 0.3 is 11.7 Å². The molecule has 1 atom stereocenters. The van der Waals surface area contributed by atoms with Crippen molar-refractivity contribution >= 4 is 17.1 Å². The van der Waals surface area contributed by atoms with Crippen molar-refractivity contribution in [3.8, 4) is 0 Å². The van der Waals surface area contributed by atoms with E-state index in [1.54, 1.807) is 25.3 Å². The monoisotopic (exact) mass is 392 g/mol. The first-order valence-electron chi connectivity index (χ1n) is 9.68. The van der Waals surface area contributed by atoms with Crippen LogP contribution in [0.5, 0.6) is 0 Å². The first-order chi connectivity index (χ1) is 13.1. The molecule has 2 aromatic heterocycles. The van der Waals surface area contributed by atoms with Crippen LogP contribution in [0.25, 0.3) is 11.2 Å². The van der Waals surface area contributed by atoms with Gasteiger partial charge in [0.2, 0.25) is 0 Å². The van der Waals surface area contributed by atoms with E-state index in [1.165, 1.54) is 6.92 Å². The lowest BCUT2D eigenvalue weighted by Crippen LogP contribution is -2.38. The zero-order valence-corrected chi connectivity index (χ0v) is 16.8. The van der Waals surface area contributed by atoms with Gasteiger partial charge in [-0.25, -0.2) is 9.78 Å². The van der Waals surface area contributed by atoms with Crippen LogP contribution in [0.2, 0.25) is 0 Å². The summed E-state index contributed by atoms with van der Waals surface area (Å²) in [4.78, 5) is 44.7. The van der Waals surface area contributed by atoms with Gasteiger partial charge in [-0.1, -0.05) is 12.8 Å². The number of ether oxygens (including phenoxy) is 1. The number of hydrogen-bond donors (Lipinski definition) is 2. The normalized spacial score (nSPS) is 16.6. The number of nitrogens with zero attached hydrogens (tertiary/aromatic N) is 3. The van der Waals surface area contributed by atoms with Crippen LogP contribution < -0.4 is 11.2 Å². The second-order valence-corrected chi connectivity index (χ2v) is 8.58. The second-order valence-electron chi connectivity index (χ2n) is 8.58. The van der Waals surface area contributed by atoms with Crippen LogP contribution in [0.1, 0.15) is 65.1 Å². The summed E-state index contributed by atoms with van der Waals surface area (Å²) in [5.41, 5.74) is -1.48. The molecule has 0 aromatic carbocycles. The molecule has 1 unspecified atom stereocenters. The summed E-state index contributed by atoms with van der Waals surface area (Å²) in [6.45, 7) is 6.50. The van der Waals surface area contributed by atoms with Crippen molar-refractivity contribution in [1.29, 1.82) is 0 Å². The Hall–Kier alpha value is -2.42. The standard InChI is InChI=1S/C19H28N4O5/c1-11(24)9-22-16(25)13-14(21-18(22)27)20-15(12-7-5-6-8-12)23(13)10-28-17(26)19(2,3)4/h11-12,24H,5-10H2,1-4H3,(H,21,27). The van der Waals surface area contributed by atoms with Gasteiger partial charge in [0.05, 0.1) is 18.1 Å².